The van der Waals surface area contributed by atoms with Gasteiger partial charge in [0.2, 0.25) is 5.91 Å². The number of carbonyl (C=O) groups is 1. The fourth-order valence-electron chi connectivity index (χ4n) is 1.37. The van der Waals surface area contributed by atoms with Crippen LogP contribution in [0, 0.1) is 0 Å². The minimum Gasteiger partial charge on any atom is -0.399 e. The second-order valence-corrected chi connectivity index (χ2v) is 4.93. The summed E-state index contributed by atoms with van der Waals surface area (Å²) in [6.45, 7) is 0. The number of unbranched alkanes of at least 4 members (excludes halogenated alkanes) is 2. The highest BCUT2D eigenvalue weighted by Crippen LogP contribution is 2.20. The van der Waals surface area contributed by atoms with Gasteiger partial charge in [-0.05, 0) is 42.9 Å². The van der Waals surface area contributed by atoms with E-state index in [1.165, 1.54) is 4.90 Å². The molecule has 0 bridgehead atoms. The highest BCUT2D eigenvalue weighted by Gasteiger charge is 1.98. The first-order valence-electron chi connectivity index (χ1n) is 5.63. The maximum atomic E-state index is 10.7. The van der Waals surface area contributed by atoms with E-state index >= 15 is 0 Å². The van der Waals surface area contributed by atoms with Crippen molar-refractivity contribution in [1.82, 2.24) is 5.48 Å². The highest BCUT2D eigenvalue weighted by atomic mass is 32.2. The molecule has 1 rings (SSSR count). The molecule has 4 nitrogen and oxygen atoms in total. The maximum absolute atomic E-state index is 10.7. The first-order chi connectivity index (χ1) is 8.22. The Labute approximate surface area is 106 Å². The van der Waals surface area contributed by atoms with Crippen molar-refractivity contribution >= 4 is 23.4 Å². The maximum Gasteiger partial charge on any atom is 0.243 e. The van der Waals surface area contributed by atoms with E-state index in [0.29, 0.717) is 6.42 Å². The van der Waals surface area contributed by atoms with Crippen molar-refractivity contribution in [3.63, 3.8) is 0 Å². The van der Waals surface area contributed by atoms with Gasteiger partial charge in [-0.2, -0.15) is 0 Å². The monoisotopic (exact) mass is 254 g/mol. The van der Waals surface area contributed by atoms with Crippen LogP contribution >= 0.6 is 11.8 Å². The van der Waals surface area contributed by atoms with Gasteiger partial charge in [-0.25, -0.2) is 5.48 Å². The molecule has 0 heterocycles. The molecule has 17 heavy (non-hydrogen) atoms. The predicted octanol–water partition coefficient (Wildman–Crippen LogP) is 2.43. The van der Waals surface area contributed by atoms with Crippen molar-refractivity contribution in [3.8, 4) is 0 Å². The van der Waals surface area contributed by atoms with E-state index in [1.54, 1.807) is 17.2 Å². The molecule has 4 N–H and O–H groups in total. The molecule has 0 radical (unpaired) electrons. The first kappa shape index (κ1) is 13.9. The summed E-state index contributed by atoms with van der Waals surface area (Å²) in [5, 5.41) is 8.29. The Bertz CT molecular complexity index is 341. The number of hydrogen-bond acceptors (Lipinski definition) is 4. The lowest BCUT2D eigenvalue weighted by Crippen LogP contribution is -2.17. The molecule has 0 aliphatic carbocycles. The Morgan fingerprint density at radius 2 is 1.94 bits per heavy atom. The molecule has 1 amide bonds. The molecule has 94 valence electrons. The SMILES string of the molecule is Nc1ccc(SCCCCCC(=O)NO)cc1. The summed E-state index contributed by atoms with van der Waals surface area (Å²) in [4.78, 5) is 11.9. The third kappa shape index (κ3) is 6.19. The number of hydrogen-bond donors (Lipinski definition) is 3. The second kappa shape index (κ2) is 7.97. The number of nitrogen functional groups attached to an aromatic ring is 1. The van der Waals surface area contributed by atoms with E-state index in [0.717, 1.165) is 30.7 Å². The molecule has 0 spiro atoms. The molecule has 0 aliphatic rings. The van der Waals surface area contributed by atoms with Gasteiger partial charge in [0.15, 0.2) is 0 Å². The standard InChI is InChI=1S/C12H18N2O2S/c13-10-5-7-11(8-6-10)17-9-3-1-2-4-12(15)14-16/h5-8,16H,1-4,9,13H2,(H,14,15). The molecule has 0 atom stereocenters. The molecular formula is C12H18N2O2S. The van der Waals surface area contributed by atoms with Crippen molar-refractivity contribution in [3.05, 3.63) is 24.3 Å². The van der Waals surface area contributed by atoms with Gasteiger partial charge in [0.1, 0.15) is 0 Å². The summed E-state index contributed by atoms with van der Waals surface area (Å²) >= 11 is 1.79. The number of nitrogens with two attached hydrogens (primary N) is 1. The fraction of sp³-hybridized carbons (Fsp3) is 0.417. The van der Waals surface area contributed by atoms with E-state index in [1.807, 2.05) is 24.3 Å². The van der Waals surface area contributed by atoms with Crippen LogP contribution in [0.5, 0.6) is 0 Å². The predicted molar refractivity (Wildman–Crippen MR) is 70.0 cm³/mol. The van der Waals surface area contributed by atoms with Crippen molar-refractivity contribution < 1.29 is 10.0 Å². The van der Waals surface area contributed by atoms with Crippen LogP contribution in [0.4, 0.5) is 5.69 Å². The van der Waals surface area contributed by atoms with Crippen LogP contribution in [-0.4, -0.2) is 16.9 Å². The molecule has 0 fully saturated rings. The van der Waals surface area contributed by atoms with Crippen LogP contribution in [0.2, 0.25) is 0 Å². The molecule has 0 unspecified atom stereocenters. The zero-order valence-electron chi connectivity index (χ0n) is 9.69. The smallest absolute Gasteiger partial charge is 0.243 e. The van der Waals surface area contributed by atoms with E-state index < -0.39 is 0 Å². The third-order valence-electron chi connectivity index (χ3n) is 2.32. The molecule has 0 saturated carbocycles. The zero-order valence-corrected chi connectivity index (χ0v) is 10.5. The zero-order chi connectivity index (χ0) is 12.5. The van der Waals surface area contributed by atoms with Gasteiger partial charge >= 0.3 is 0 Å². The van der Waals surface area contributed by atoms with Crippen LogP contribution < -0.4 is 11.2 Å². The van der Waals surface area contributed by atoms with Gasteiger partial charge in [0.05, 0.1) is 0 Å². The summed E-state index contributed by atoms with van der Waals surface area (Å²) < 4.78 is 0. The van der Waals surface area contributed by atoms with E-state index in [9.17, 15) is 4.79 Å². The van der Waals surface area contributed by atoms with Gasteiger partial charge in [0.25, 0.3) is 0 Å². The molecule has 0 aromatic heterocycles. The number of nitrogens with one attached hydrogen (secondary N) is 1. The number of amides is 1. The topological polar surface area (TPSA) is 75.4 Å². The van der Waals surface area contributed by atoms with Gasteiger partial charge in [0, 0.05) is 17.0 Å². The van der Waals surface area contributed by atoms with Gasteiger partial charge in [-0.15, -0.1) is 11.8 Å². The minimum absolute atomic E-state index is 0.309. The van der Waals surface area contributed by atoms with Gasteiger partial charge in [-0.1, -0.05) is 6.42 Å². The van der Waals surface area contributed by atoms with Crippen molar-refractivity contribution in [2.45, 2.75) is 30.6 Å². The molecule has 1 aromatic carbocycles. The second-order valence-electron chi connectivity index (χ2n) is 3.76. The fourth-order valence-corrected chi connectivity index (χ4v) is 2.29. The van der Waals surface area contributed by atoms with Crippen LogP contribution in [-0.2, 0) is 4.79 Å². The summed E-state index contributed by atoms with van der Waals surface area (Å²) in [5.41, 5.74) is 8.01. The average molecular weight is 254 g/mol. The average Bonchev–Trinajstić information content (AvgIpc) is 2.35. The lowest BCUT2D eigenvalue weighted by Gasteiger charge is -2.02. The van der Waals surface area contributed by atoms with Crippen molar-refractivity contribution in [1.29, 1.82) is 0 Å². The molecular weight excluding hydrogens is 236 g/mol. The number of hydroxylamine groups is 1. The molecule has 0 saturated heterocycles. The summed E-state index contributed by atoms with van der Waals surface area (Å²) in [6, 6.07) is 7.82. The first-order valence-corrected chi connectivity index (χ1v) is 6.62. The van der Waals surface area contributed by atoms with Gasteiger partial charge < -0.3 is 5.73 Å². The Balaban J connectivity index is 2.04. The van der Waals surface area contributed by atoms with E-state index in [2.05, 4.69) is 0 Å². The number of anilines is 1. The summed E-state index contributed by atoms with van der Waals surface area (Å²) in [6.07, 6.45) is 3.26. The molecule has 0 aliphatic heterocycles. The van der Waals surface area contributed by atoms with Gasteiger partial charge in [-0.3, -0.25) is 10.0 Å². The normalized spacial score (nSPS) is 10.2. The van der Waals surface area contributed by atoms with E-state index in [4.69, 9.17) is 10.9 Å². The van der Waals surface area contributed by atoms with Crippen molar-refractivity contribution in [2.75, 3.05) is 11.5 Å². The number of carbonyl (C=O) groups excluding carboxylic acids is 1. The van der Waals surface area contributed by atoms with Crippen LogP contribution in [0.1, 0.15) is 25.7 Å². The summed E-state index contributed by atoms with van der Waals surface area (Å²) in [5.74, 6) is 0.723. The Morgan fingerprint density at radius 1 is 1.24 bits per heavy atom. The number of thioether (sulfide) groups is 1. The van der Waals surface area contributed by atoms with Crippen LogP contribution in [0.3, 0.4) is 0 Å². The minimum atomic E-state index is -0.309. The van der Waals surface area contributed by atoms with E-state index in [-0.39, 0.29) is 5.91 Å². The lowest BCUT2D eigenvalue weighted by molar-refractivity contribution is -0.129. The Morgan fingerprint density at radius 3 is 2.59 bits per heavy atom. The largest absolute Gasteiger partial charge is 0.399 e. The highest BCUT2D eigenvalue weighted by molar-refractivity contribution is 7.99. The van der Waals surface area contributed by atoms with Crippen LogP contribution in [0.15, 0.2) is 29.2 Å². The Kier molecular flexibility index (Phi) is 6.50. The number of benzene rings is 1. The Hall–Kier alpha value is -1.20. The quantitative estimate of drug-likeness (QED) is 0.230. The third-order valence-corrected chi connectivity index (χ3v) is 3.42. The lowest BCUT2D eigenvalue weighted by atomic mass is 10.2. The number of rotatable bonds is 7. The summed E-state index contributed by atoms with van der Waals surface area (Å²) in [7, 11) is 0. The molecule has 1 aromatic rings. The van der Waals surface area contributed by atoms with Crippen molar-refractivity contribution in [2.24, 2.45) is 0 Å². The van der Waals surface area contributed by atoms with Crippen LogP contribution in [0.25, 0.3) is 0 Å². The molecule has 5 heteroatoms.